The first-order valence-corrected chi connectivity index (χ1v) is 8.68. The molecule has 1 aliphatic rings. The van der Waals surface area contributed by atoms with Crippen molar-refractivity contribution in [1.29, 1.82) is 0 Å². The molecule has 0 aliphatic carbocycles. The highest BCUT2D eigenvalue weighted by Gasteiger charge is 2.29. The molecule has 2 aromatic carbocycles. The fourth-order valence-electron chi connectivity index (χ4n) is 2.89. The van der Waals surface area contributed by atoms with Crippen LogP contribution in [0.15, 0.2) is 57.7 Å². The van der Waals surface area contributed by atoms with Crippen LogP contribution in [0.2, 0.25) is 0 Å². The van der Waals surface area contributed by atoms with Crippen LogP contribution in [0, 0.1) is 0 Å². The molecule has 0 spiro atoms. The number of hydrogen-bond donors (Lipinski definition) is 0. The van der Waals surface area contributed by atoms with Crippen molar-refractivity contribution in [3.05, 3.63) is 58.8 Å². The molecule has 1 unspecified atom stereocenters. The summed E-state index contributed by atoms with van der Waals surface area (Å²) in [6, 6.07) is 13.7. The molecule has 138 valence electrons. The Morgan fingerprint density at radius 1 is 1.11 bits per heavy atom. The third-order valence-electron chi connectivity index (χ3n) is 4.14. The topological polar surface area (TPSA) is 75.0 Å². The standard InChI is InChI=1S/C21H18O6/c1-12(2)25-21(23)20-11-24-19-9-13(7-8-17(19)27-20)18-10-15(22)14-5-3-4-6-16(14)26-18/h3-10,12,20H,11H2,1-2H3. The van der Waals surface area contributed by atoms with Gasteiger partial charge in [-0.1, -0.05) is 12.1 Å². The van der Waals surface area contributed by atoms with Crippen molar-refractivity contribution < 1.29 is 23.4 Å². The molecular weight excluding hydrogens is 348 g/mol. The van der Waals surface area contributed by atoms with E-state index in [2.05, 4.69) is 0 Å². The molecule has 27 heavy (non-hydrogen) atoms. The minimum absolute atomic E-state index is 0.0592. The van der Waals surface area contributed by atoms with Crippen molar-refractivity contribution in [1.82, 2.24) is 0 Å². The van der Waals surface area contributed by atoms with E-state index in [0.29, 0.717) is 33.8 Å². The molecule has 0 saturated carbocycles. The lowest BCUT2D eigenvalue weighted by atomic mass is 10.1. The number of hydrogen-bond acceptors (Lipinski definition) is 6. The van der Waals surface area contributed by atoms with Crippen LogP contribution in [0.5, 0.6) is 11.5 Å². The van der Waals surface area contributed by atoms with Crippen molar-refractivity contribution in [3.63, 3.8) is 0 Å². The second-order valence-corrected chi connectivity index (χ2v) is 6.54. The van der Waals surface area contributed by atoms with Gasteiger partial charge in [0.15, 0.2) is 16.9 Å². The third-order valence-corrected chi connectivity index (χ3v) is 4.14. The van der Waals surface area contributed by atoms with Crippen molar-refractivity contribution >= 4 is 16.9 Å². The van der Waals surface area contributed by atoms with Crippen LogP contribution in [-0.2, 0) is 9.53 Å². The van der Waals surface area contributed by atoms with Crippen molar-refractivity contribution in [3.8, 4) is 22.8 Å². The van der Waals surface area contributed by atoms with Crippen LogP contribution in [0.4, 0.5) is 0 Å². The van der Waals surface area contributed by atoms with Gasteiger partial charge in [0, 0.05) is 11.6 Å². The molecule has 4 rings (SSSR count). The van der Waals surface area contributed by atoms with E-state index in [0.717, 1.165) is 0 Å². The molecule has 0 saturated heterocycles. The summed E-state index contributed by atoms with van der Waals surface area (Å²) < 4.78 is 22.4. The molecule has 0 radical (unpaired) electrons. The van der Waals surface area contributed by atoms with Crippen LogP contribution >= 0.6 is 0 Å². The summed E-state index contributed by atoms with van der Waals surface area (Å²) in [5, 5.41) is 0.533. The van der Waals surface area contributed by atoms with Crippen molar-refractivity contribution in [2.24, 2.45) is 0 Å². The average Bonchev–Trinajstić information content (AvgIpc) is 2.66. The van der Waals surface area contributed by atoms with E-state index in [4.69, 9.17) is 18.6 Å². The Hall–Kier alpha value is -3.28. The molecule has 0 bridgehead atoms. The van der Waals surface area contributed by atoms with Crippen LogP contribution in [-0.4, -0.2) is 24.8 Å². The number of benzene rings is 2. The van der Waals surface area contributed by atoms with Gasteiger partial charge in [0.25, 0.3) is 0 Å². The molecule has 0 N–H and O–H groups in total. The Labute approximate surface area is 155 Å². The zero-order chi connectivity index (χ0) is 19.0. The summed E-state index contributed by atoms with van der Waals surface area (Å²) in [6.45, 7) is 3.61. The fraction of sp³-hybridized carbons (Fsp3) is 0.238. The summed E-state index contributed by atoms with van der Waals surface area (Å²) in [7, 11) is 0. The van der Waals surface area contributed by atoms with Crippen LogP contribution < -0.4 is 14.9 Å². The van der Waals surface area contributed by atoms with Gasteiger partial charge in [0.1, 0.15) is 18.0 Å². The van der Waals surface area contributed by atoms with Crippen molar-refractivity contribution in [2.75, 3.05) is 6.61 Å². The first-order chi connectivity index (χ1) is 13.0. The largest absolute Gasteiger partial charge is 0.485 e. The maximum Gasteiger partial charge on any atom is 0.351 e. The minimum atomic E-state index is -0.802. The second kappa shape index (κ2) is 6.79. The normalized spacial score (nSPS) is 15.7. The molecule has 0 amide bonds. The van der Waals surface area contributed by atoms with Gasteiger partial charge in [0.05, 0.1) is 11.5 Å². The van der Waals surface area contributed by atoms with Gasteiger partial charge in [-0.2, -0.15) is 0 Å². The van der Waals surface area contributed by atoms with Gasteiger partial charge < -0.3 is 18.6 Å². The Kier molecular flexibility index (Phi) is 4.32. The number of ether oxygens (including phenoxy) is 3. The maximum absolute atomic E-state index is 12.3. The Morgan fingerprint density at radius 3 is 2.74 bits per heavy atom. The van der Waals surface area contributed by atoms with Gasteiger partial charge in [-0.25, -0.2) is 4.79 Å². The third kappa shape index (κ3) is 3.38. The zero-order valence-electron chi connectivity index (χ0n) is 14.9. The summed E-state index contributed by atoms with van der Waals surface area (Å²) >= 11 is 0. The van der Waals surface area contributed by atoms with Gasteiger partial charge in [0.2, 0.25) is 6.10 Å². The van der Waals surface area contributed by atoms with Gasteiger partial charge in [-0.05, 0) is 44.2 Å². The molecule has 6 heteroatoms. The lowest BCUT2D eigenvalue weighted by Gasteiger charge is -2.26. The summed E-state index contributed by atoms with van der Waals surface area (Å²) in [4.78, 5) is 24.3. The quantitative estimate of drug-likeness (QED) is 0.660. The Morgan fingerprint density at radius 2 is 1.93 bits per heavy atom. The van der Waals surface area contributed by atoms with E-state index in [1.807, 2.05) is 6.07 Å². The van der Waals surface area contributed by atoms with Gasteiger partial charge in [-0.15, -0.1) is 0 Å². The number of esters is 1. The summed E-state index contributed by atoms with van der Waals surface area (Å²) in [5.74, 6) is 0.905. The predicted molar refractivity (Wildman–Crippen MR) is 99.1 cm³/mol. The zero-order valence-corrected chi connectivity index (χ0v) is 14.9. The summed E-state index contributed by atoms with van der Waals surface area (Å²) in [5.41, 5.74) is 1.09. The maximum atomic E-state index is 12.3. The number of carbonyl (C=O) groups is 1. The van der Waals surface area contributed by atoms with E-state index in [1.54, 1.807) is 50.2 Å². The lowest BCUT2D eigenvalue weighted by Crippen LogP contribution is -2.38. The van der Waals surface area contributed by atoms with E-state index < -0.39 is 12.1 Å². The number of fused-ring (bicyclic) bond motifs is 2. The molecule has 2 heterocycles. The van der Waals surface area contributed by atoms with Gasteiger partial charge in [-0.3, -0.25) is 4.79 Å². The summed E-state index contributed by atoms with van der Waals surface area (Å²) in [6.07, 6.45) is -1.02. The molecule has 1 atom stereocenters. The highest BCUT2D eigenvalue weighted by molar-refractivity contribution is 5.79. The molecule has 0 fully saturated rings. The van der Waals surface area contributed by atoms with E-state index in [9.17, 15) is 9.59 Å². The number of para-hydroxylation sites is 1. The Balaban J connectivity index is 1.63. The molecule has 1 aliphatic heterocycles. The number of rotatable bonds is 3. The second-order valence-electron chi connectivity index (χ2n) is 6.54. The monoisotopic (exact) mass is 366 g/mol. The minimum Gasteiger partial charge on any atom is -0.485 e. The smallest absolute Gasteiger partial charge is 0.351 e. The fourth-order valence-corrected chi connectivity index (χ4v) is 2.89. The predicted octanol–water partition coefficient (Wildman–Crippen LogP) is 3.55. The van der Waals surface area contributed by atoms with Crippen molar-refractivity contribution in [2.45, 2.75) is 26.1 Å². The lowest BCUT2D eigenvalue weighted by molar-refractivity contribution is -0.158. The molecule has 3 aromatic rings. The van der Waals surface area contributed by atoms with Crippen LogP contribution in [0.3, 0.4) is 0 Å². The highest BCUT2D eigenvalue weighted by atomic mass is 16.6. The van der Waals surface area contributed by atoms with Crippen LogP contribution in [0.1, 0.15) is 13.8 Å². The molecule has 6 nitrogen and oxygen atoms in total. The first kappa shape index (κ1) is 17.1. The van der Waals surface area contributed by atoms with E-state index in [-0.39, 0.29) is 18.1 Å². The highest BCUT2D eigenvalue weighted by Crippen LogP contribution is 2.36. The van der Waals surface area contributed by atoms with E-state index >= 15 is 0 Å². The van der Waals surface area contributed by atoms with Crippen LogP contribution in [0.25, 0.3) is 22.3 Å². The first-order valence-electron chi connectivity index (χ1n) is 8.68. The Bertz CT molecular complexity index is 1070. The molecule has 1 aromatic heterocycles. The number of carbonyl (C=O) groups excluding carboxylic acids is 1. The average molecular weight is 366 g/mol. The molecular formula is C21H18O6. The SMILES string of the molecule is CC(C)OC(=O)C1COc2cc(-c3cc(=O)c4ccccc4o3)ccc2O1. The van der Waals surface area contributed by atoms with Gasteiger partial charge >= 0.3 is 5.97 Å². The van der Waals surface area contributed by atoms with E-state index in [1.165, 1.54) is 6.07 Å².